The maximum atomic E-state index is 11.3. The molecule has 0 spiro atoms. The lowest BCUT2D eigenvalue weighted by atomic mass is 10.3. The van der Waals surface area contributed by atoms with Crippen molar-refractivity contribution in [2.75, 3.05) is 12.0 Å². The summed E-state index contributed by atoms with van der Waals surface area (Å²) in [6, 6.07) is 5.65. The first-order valence-corrected chi connectivity index (χ1v) is 6.72. The van der Waals surface area contributed by atoms with Gasteiger partial charge in [0.15, 0.2) is 0 Å². The summed E-state index contributed by atoms with van der Waals surface area (Å²) in [5, 5.41) is 0.120. The van der Waals surface area contributed by atoms with Crippen LogP contribution in [0.25, 0.3) is 11.0 Å². The highest BCUT2D eigenvalue weighted by Gasteiger charge is 2.09. The van der Waals surface area contributed by atoms with E-state index in [1.807, 2.05) is 29.7 Å². The fourth-order valence-corrected chi connectivity index (χ4v) is 1.98. The smallest absolute Gasteiger partial charge is 0.0958 e. The summed E-state index contributed by atoms with van der Waals surface area (Å²) in [6.07, 6.45) is 3.50. The Morgan fingerprint density at radius 1 is 1.56 bits per heavy atom. The van der Waals surface area contributed by atoms with Crippen molar-refractivity contribution in [1.29, 1.82) is 0 Å². The van der Waals surface area contributed by atoms with Crippen LogP contribution in [-0.4, -0.2) is 25.3 Å². The lowest BCUT2D eigenvalue weighted by molar-refractivity contribution is 0.650. The van der Waals surface area contributed by atoms with Gasteiger partial charge in [-0.2, -0.15) is 0 Å². The summed E-state index contributed by atoms with van der Waals surface area (Å²) in [5.41, 5.74) is 8.31. The topological polar surface area (TPSA) is 60.9 Å². The van der Waals surface area contributed by atoms with Crippen LogP contribution in [-0.2, 0) is 17.3 Å². The maximum absolute atomic E-state index is 11.3. The molecule has 0 aliphatic heterocycles. The molecule has 1 aromatic heterocycles. The Morgan fingerprint density at radius 3 is 3.00 bits per heavy atom. The first-order chi connectivity index (χ1) is 7.58. The van der Waals surface area contributed by atoms with Crippen LogP contribution in [0.2, 0.25) is 0 Å². The van der Waals surface area contributed by atoms with Gasteiger partial charge in [0.1, 0.15) is 0 Å². The van der Waals surface area contributed by atoms with Gasteiger partial charge in [-0.1, -0.05) is 0 Å². The normalized spacial score (nSPS) is 15.1. The summed E-state index contributed by atoms with van der Waals surface area (Å²) in [7, 11) is -0.816. The van der Waals surface area contributed by atoms with E-state index in [0.717, 1.165) is 11.0 Å². The van der Waals surface area contributed by atoms with Gasteiger partial charge in [-0.05, 0) is 25.1 Å². The van der Waals surface area contributed by atoms with Gasteiger partial charge in [0.25, 0.3) is 0 Å². The first kappa shape index (κ1) is 11.1. The highest BCUT2D eigenvalue weighted by molar-refractivity contribution is 7.84. The van der Waals surface area contributed by atoms with Gasteiger partial charge >= 0.3 is 0 Å². The fraction of sp³-hybridized carbons (Fsp3) is 0.364. The molecule has 2 atom stereocenters. The zero-order chi connectivity index (χ0) is 11.7. The van der Waals surface area contributed by atoms with E-state index >= 15 is 0 Å². The minimum absolute atomic E-state index is 0.120. The Labute approximate surface area is 96.9 Å². The standard InChI is InChI=1S/C11H15N3OS/c1-8(16(2)15)6-14-7-13-10-5-9(12)3-4-11(10)14/h3-5,7-8H,6,12H2,1-2H3. The molecule has 2 rings (SSSR count). The van der Waals surface area contributed by atoms with Crippen molar-refractivity contribution in [1.82, 2.24) is 9.55 Å². The van der Waals surface area contributed by atoms with E-state index in [1.54, 1.807) is 12.6 Å². The monoisotopic (exact) mass is 237 g/mol. The third kappa shape index (κ3) is 2.09. The van der Waals surface area contributed by atoms with Crippen LogP contribution in [0, 0.1) is 0 Å². The summed E-state index contributed by atoms with van der Waals surface area (Å²) in [6.45, 7) is 2.68. The van der Waals surface area contributed by atoms with Gasteiger partial charge in [-0.25, -0.2) is 4.98 Å². The second kappa shape index (κ2) is 4.25. The summed E-state index contributed by atoms with van der Waals surface area (Å²) in [5.74, 6) is 0. The van der Waals surface area contributed by atoms with Gasteiger partial charge in [-0.3, -0.25) is 4.21 Å². The highest BCUT2D eigenvalue weighted by atomic mass is 32.2. The molecule has 0 amide bonds. The van der Waals surface area contributed by atoms with E-state index in [2.05, 4.69) is 4.98 Å². The van der Waals surface area contributed by atoms with Crippen LogP contribution in [0.1, 0.15) is 6.92 Å². The van der Waals surface area contributed by atoms with E-state index in [0.29, 0.717) is 12.2 Å². The Morgan fingerprint density at radius 2 is 2.31 bits per heavy atom. The zero-order valence-electron chi connectivity index (χ0n) is 9.38. The number of anilines is 1. The molecule has 0 saturated heterocycles. The molecule has 1 heterocycles. The van der Waals surface area contributed by atoms with Gasteiger partial charge in [0, 0.05) is 34.5 Å². The Balaban J connectivity index is 2.35. The van der Waals surface area contributed by atoms with Crippen molar-refractivity contribution in [3.8, 4) is 0 Å². The molecule has 0 aliphatic rings. The van der Waals surface area contributed by atoms with Crippen molar-refractivity contribution < 1.29 is 4.21 Å². The van der Waals surface area contributed by atoms with E-state index in [4.69, 9.17) is 5.73 Å². The molecule has 5 heteroatoms. The summed E-state index contributed by atoms with van der Waals surface area (Å²) < 4.78 is 13.3. The predicted octanol–water partition coefficient (Wildman–Crippen LogP) is 1.39. The lowest BCUT2D eigenvalue weighted by Crippen LogP contribution is -2.16. The van der Waals surface area contributed by atoms with E-state index < -0.39 is 10.8 Å². The SMILES string of the molecule is CC(Cn1cnc2cc(N)ccc21)S(C)=O. The van der Waals surface area contributed by atoms with Gasteiger partial charge in [-0.15, -0.1) is 0 Å². The van der Waals surface area contributed by atoms with Crippen molar-refractivity contribution >= 4 is 27.5 Å². The number of hydrogen-bond acceptors (Lipinski definition) is 3. The van der Waals surface area contributed by atoms with Crippen molar-refractivity contribution in [3.05, 3.63) is 24.5 Å². The largest absolute Gasteiger partial charge is 0.399 e. The fourth-order valence-electron chi connectivity index (χ4n) is 1.61. The van der Waals surface area contributed by atoms with Gasteiger partial charge < -0.3 is 10.3 Å². The Hall–Kier alpha value is -1.36. The third-order valence-electron chi connectivity index (χ3n) is 2.67. The molecule has 2 aromatic rings. The summed E-state index contributed by atoms with van der Waals surface area (Å²) in [4.78, 5) is 4.28. The van der Waals surface area contributed by atoms with E-state index in [9.17, 15) is 4.21 Å². The molecular weight excluding hydrogens is 222 g/mol. The second-order valence-corrected chi connectivity index (χ2v) is 5.76. The Kier molecular flexibility index (Phi) is 2.96. The van der Waals surface area contributed by atoms with Gasteiger partial charge in [0.05, 0.1) is 17.4 Å². The molecular formula is C11H15N3OS. The molecule has 16 heavy (non-hydrogen) atoms. The van der Waals surface area contributed by atoms with Crippen LogP contribution in [0.5, 0.6) is 0 Å². The molecule has 2 unspecified atom stereocenters. The molecule has 0 fully saturated rings. The van der Waals surface area contributed by atoms with Crippen molar-refractivity contribution in [2.45, 2.75) is 18.7 Å². The molecule has 86 valence electrons. The average molecular weight is 237 g/mol. The van der Waals surface area contributed by atoms with Crippen LogP contribution >= 0.6 is 0 Å². The van der Waals surface area contributed by atoms with Crippen LogP contribution < -0.4 is 5.73 Å². The van der Waals surface area contributed by atoms with Crippen LogP contribution in [0.4, 0.5) is 5.69 Å². The number of rotatable bonds is 3. The molecule has 2 N–H and O–H groups in total. The minimum atomic E-state index is -0.816. The van der Waals surface area contributed by atoms with Crippen LogP contribution in [0.3, 0.4) is 0 Å². The third-order valence-corrected chi connectivity index (χ3v) is 3.95. The molecule has 0 bridgehead atoms. The summed E-state index contributed by atoms with van der Waals surface area (Å²) >= 11 is 0. The second-order valence-electron chi connectivity index (χ2n) is 3.95. The van der Waals surface area contributed by atoms with Crippen molar-refractivity contribution in [3.63, 3.8) is 0 Å². The van der Waals surface area contributed by atoms with E-state index in [1.165, 1.54) is 0 Å². The number of nitrogen functional groups attached to an aromatic ring is 1. The highest BCUT2D eigenvalue weighted by Crippen LogP contribution is 2.16. The molecule has 4 nitrogen and oxygen atoms in total. The first-order valence-electron chi connectivity index (χ1n) is 5.10. The number of nitrogens with zero attached hydrogens (tertiary/aromatic N) is 2. The maximum Gasteiger partial charge on any atom is 0.0958 e. The Bertz CT molecular complexity index is 535. The molecule has 0 radical (unpaired) electrons. The number of aromatic nitrogens is 2. The predicted molar refractivity (Wildman–Crippen MR) is 67.7 cm³/mol. The van der Waals surface area contributed by atoms with E-state index in [-0.39, 0.29) is 5.25 Å². The average Bonchev–Trinajstić information content (AvgIpc) is 2.60. The van der Waals surface area contributed by atoms with Gasteiger partial charge in [0.2, 0.25) is 0 Å². The number of hydrogen-bond donors (Lipinski definition) is 1. The van der Waals surface area contributed by atoms with Crippen LogP contribution in [0.15, 0.2) is 24.5 Å². The molecule has 0 aliphatic carbocycles. The number of fused-ring (bicyclic) bond motifs is 1. The van der Waals surface area contributed by atoms with Crippen molar-refractivity contribution in [2.24, 2.45) is 0 Å². The number of benzene rings is 1. The number of imidazole rings is 1. The molecule has 1 aromatic carbocycles. The molecule has 0 saturated carbocycles. The minimum Gasteiger partial charge on any atom is -0.399 e. The quantitative estimate of drug-likeness (QED) is 0.820. The lowest BCUT2D eigenvalue weighted by Gasteiger charge is -2.09. The zero-order valence-corrected chi connectivity index (χ0v) is 10.2. The number of nitrogens with two attached hydrogens (primary N) is 1.